The van der Waals surface area contributed by atoms with Crippen LogP contribution in [0.1, 0.15) is 24.0 Å². The van der Waals surface area contributed by atoms with Crippen molar-refractivity contribution < 1.29 is 0 Å². The highest BCUT2D eigenvalue weighted by molar-refractivity contribution is 5.86. The Morgan fingerprint density at radius 1 is 0.462 bits per heavy atom. The maximum atomic E-state index is 4.86. The number of benzene rings is 4. The minimum absolute atomic E-state index is 0.968. The number of fused-ring (bicyclic) bond motifs is 2. The number of aryl methyl sites for hydroxylation is 2. The Kier molecular flexibility index (Phi) is 6.10. The maximum Gasteiger partial charge on any atom is 0.0709 e. The summed E-state index contributed by atoms with van der Waals surface area (Å²) in [4.78, 5) is 12.0. The van der Waals surface area contributed by atoms with Gasteiger partial charge in [0.2, 0.25) is 0 Å². The van der Waals surface area contributed by atoms with Gasteiger partial charge in [-0.25, -0.2) is 0 Å². The van der Waals surface area contributed by atoms with Crippen LogP contribution in [0, 0.1) is 0 Å². The molecule has 39 heavy (non-hydrogen) atoms. The van der Waals surface area contributed by atoms with E-state index in [0.717, 1.165) is 57.8 Å². The lowest BCUT2D eigenvalue weighted by atomic mass is 9.92. The van der Waals surface area contributed by atoms with Crippen LogP contribution in [0.4, 0.5) is 17.1 Å². The van der Waals surface area contributed by atoms with Crippen LogP contribution in [0.5, 0.6) is 0 Å². The van der Waals surface area contributed by atoms with Crippen LogP contribution in [0.15, 0.2) is 128 Å². The number of hydrogen-bond donors (Lipinski definition) is 0. The summed E-state index contributed by atoms with van der Waals surface area (Å²) in [6, 6.07) is 40.8. The summed E-state index contributed by atoms with van der Waals surface area (Å²) in [6.07, 6.45) is 8.88. The zero-order valence-corrected chi connectivity index (χ0v) is 21.8. The summed E-state index contributed by atoms with van der Waals surface area (Å²) in [5.74, 6) is 0. The molecule has 3 nitrogen and oxygen atoms in total. The van der Waals surface area contributed by atoms with Crippen LogP contribution in [-0.2, 0) is 12.8 Å². The lowest BCUT2D eigenvalue weighted by molar-refractivity contribution is 0.682. The van der Waals surface area contributed by atoms with E-state index in [2.05, 4.69) is 126 Å². The van der Waals surface area contributed by atoms with Gasteiger partial charge in [0.05, 0.1) is 11.4 Å². The first kappa shape index (κ1) is 23.4. The summed E-state index contributed by atoms with van der Waals surface area (Å²) in [5, 5.41) is 2.34. The highest BCUT2D eigenvalue weighted by Crippen LogP contribution is 2.38. The second-order valence-electron chi connectivity index (χ2n) is 10.2. The van der Waals surface area contributed by atoms with Gasteiger partial charge in [-0.15, -0.1) is 0 Å². The third kappa shape index (κ3) is 4.68. The molecule has 3 heteroatoms. The summed E-state index contributed by atoms with van der Waals surface area (Å²) < 4.78 is 0. The van der Waals surface area contributed by atoms with Gasteiger partial charge in [-0.2, -0.15) is 0 Å². The fourth-order valence-electron chi connectivity index (χ4n) is 5.65. The molecule has 6 aromatic rings. The van der Waals surface area contributed by atoms with Gasteiger partial charge in [0.1, 0.15) is 0 Å². The molecule has 0 aliphatic heterocycles. The van der Waals surface area contributed by atoms with Crippen LogP contribution in [-0.4, -0.2) is 9.97 Å². The first-order valence-electron chi connectivity index (χ1n) is 13.7. The molecule has 188 valence electrons. The van der Waals surface area contributed by atoms with E-state index < -0.39 is 0 Å². The number of hydrogen-bond acceptors (Lipinski definition) is 3. The predicted octanol–water partition coefficient (Wildman–Crippen LogP) is 9.31. The zero-order valence-electron chi connectivity index (χ0n) is 21.8. The molecule has 0 amide bonds. The molecule has 0 bridgehead atoms. The Morgan fingerprint density at radius 3 is 1.79 bits per heavy atom. The zero-order chi connectivity index (χ0) is 26.0. The quantitative estimate of drug-likeness (QED) is 0.235. The monoisotopic (exact) mass is 503 g/mol. The number of aromatic nitrogens is 2. The van der Waals surface area contributed by atoms with Crippen molar-refractivity contribution in [3.63, 3.8) is 0 Å². The van der Waals surface area contributed by atoms with Crippen LogP contribution in [0.3, 0.4) is 0 Å². The van der Waals surface area contributed by atoms with Gasteiger partial charge < -0.3 is 4.90 Å². The lowest BCUT2D eigenvalue weighted by Gasteiger charge is -2.26. The number of pyridine rings is 2. The van der Waals surface area contributed by atoms with E-state index in [0.29, 0.717) is 0 Å². The minimum Gasteiger partial charge on any atom is -0.310 e. The highest BCUT2D eigenvalue weighted by Gasteiger charge is 2.16. The lowest BCUT2D eigenvalue weighted by Crippen LogP contribution is -2.10. The maximum absolute atomic E-state index is 4.86. The van der Waals surface area contributed by atoms with Crippen LogP contribution in [0.2, 0.25) is 0 Å². The van der Waals surface area contributed by atoms with Gasteiger partial charge in [-0.3, -0.25) is 9.97 Å². The van der Waals surface area contributed by atoms with Crippen molar-refractivity contribution in [3.8, 4) is 22.5 Å². The number of nitrogens with zero attached hydrogens (tertiary/aromatic N) is 3. The van der Waals surface area contributed by atoms with E-state index in [4.69, 9.17) is 9.97 Å². The molecular formula is C36H29N3. The highest BCUT2D eigenvalue weighted by atomic mass is 15.1. The van der Waals surface area contributed by atoms with Crippen molar-refractivity contribution >= 4 is 27.8 Å². The largest absolute Gasteiger partial charge is 0.310 e. The van der Waals surface area contributed by atoms with E-state index in [1.165, 1.54) is 29.4 Å². The van der Waals surface area contributed by atoms with E-state index in [9.17, 15) is 0 Å². The molecule has 0 fully saturated rings. The SMILES string of the molecule is c1ccc(N(c2cccc(-c3cc4c(cn3)CCCC4)c2)c2cccc(-c3cc4ccccc4cn3)c2)cc1. The fourth-order valence-corrected chi connectivity index (χ4v) is 5.65. The van der Waals surface area contributed by atoms with Gasteiger partial charge in [0.15, 0.2) is 0 Å². The van der Waals surface area contributed by atoms with E-state index in [1.807, 2.05) is 6.20 Å². The van der Waals surface area contributed by atoms with Crippen LogP contribution < -0.4 is 4.90 Å². The molecular weight excluding hydrogens is 474 g/mol. The third-order valence-corrected chi connectivity index (χ3v) is 7.67. The van der Waals surface area contributed by atoms with Gasteiger partial charge in [0.25, 0.3) is 0 Å². The molecule has 4 aromatic carbocycles. The third-order valence-electron chi connectivity index (χ3n) is 7.67. The van der Waals surface area contributed by atoms with Crippen molar-refractivity contribution in [2.45, 2.75) is 25.7 Å². The molecule has 1 aliphatic rings. The molecule has 1 aliphatic carbocycles. The van der Waals surface area contributed by atoms with Crippen molar-refractivity contribution in [1.29, 1.82) is 0 Å². The molecule has 0 saturated carbocycles. The topological polar surface area (TPSA) is 29.0 Å². The Labute approximate surface area is 229 Å². The Hall–Kier alpha value is -4.76. The normalized spacial score (nSPS) is 12.7. The standard InChI is InChI=1S/C36H29N3/c1-2-16-32(17-3-1)39(33-18-8-14-28(20-33)35-22-26-10-4-6-12-30(26)24-37-35)34-19-9-15-29(21-34)36-23-27-11-5-7-13-31(27)25-38-36/h1-4,6,8-10,12,14-25H,5,7,11,13H2. The molecule has 0 N–H and O–H groups in total. The minimum atomic E-state index is 0.968. The second-order valence-corrected chi connectivity index (χ2v) is 10.2. The van der Waals surface area contributed by atoms with Gasteiger partial charge >= 0.3 is 0 Å². The Balaban J connectivity index is 1.31. The van der Waals surface area contributed by atoms with Crippen LogP contribution >= 0.6 is 0 Å². The molecule has 2 aromatic heterocycles. The molecule has 0 radical (unpaired) electrons. The molecule has 2 heterocycles. The van der Waals surface area contributed by atoms with Crippen LogP contribution in [0.25, 0.3) is 33.3 Å². The van der Waals surface area contributed by atoms with Gasteiger partial charge in [-0.1, -0.05) is 66.7 Å². The van der Waals surface area contributed by atoms with Gasteiger partial charge in [0, 0.05) is 46.0 Å². The average Bonchev–Trinajstić information content (AvgIpc) is 3.01. The number of para-hydroxylation sites is 1. The smallest absolute Gasteiger partial charge is 0.0709 e. The Morgan fingerprint density at radius 2 is 1.05 bits per heavy atom. The van der Waals surface area contributed by atoms with Crippen molar-refractivity contribution in [2.24, 2.45) is 0 Å². The Bertz CT molecular complexity index is 1770. The summed E-state index contributed by atoms with van der Waals surface area (Å²) in [6.45, 7) is 0. The number of rotatable bonds is 5. The first-order chi connectivity index (χ1) is 19.3. The molecule has 0 saturated heterocycles. The van der Waals surface area contributed by atoms with E-state index in [-0.39, 0.29) is 0 Å². The number of anilines is 3. The van der Waals surface area contributed by atoms with E-state index in [1.54, 1.807) is 0 Å². The summed E-state index contributed by atoms with van der Waals surface area (Å²) >= 11 is 0. The summed E-state index contributed by atoms with van der Waals surface area (Å²) in [5.41, 5.74) is 10.4. The molecule has 0 spiro atoms. The first-order valence-corrected chi connectivity index (χ1v) is 13.7. The fraction of sp³-hybridized carbons (Fsp3) is 0.111. The summed E-state index contributed by atoms with van der Waals surface area (Å²) in [7, 11) is 0. The van der Waals surface area contributed by atoms with Crippen molar-refractivity contribution in [2.75, 3.05) is 4.90 Å². The predicted molar refractivity (Wildman–Crippen MR) is 162 cm³/mol. The van der Waals surface area contributed by atoms with Gasteiger partial charge in [-0.05, 0) is 90.7 Å². The van der Waals surface area contributed by atoms with Crippen molar-refractivity contribution in [1.82, 2.24) is 9.97 Å². The molecule has 0 atom stereocenters. The second kappa shape index (κ2) is 10.2. The molecule has 7 rings (SSSR count). The average molecular weight is 504 g/mol. The van der Waals surface area contributed by atoms with Crippen molar-refractivity contribution in [3.05, 3.63) is 139 Å². The molecule has 0 unspecified atom stereocenters. The van der Waals surface area contributed by atoms with E-state index >= 15 is 0 Å².